The van der Waals surface area contributed by atoms with E-state index in [1.54, 1.807) is 6.92 Å². The van der Waals surface area contributed by atoms with Crippen LogP contribution in [0.1, 0.15) is 61.0 Å². The van der Waals surface area contributed by atoms with Gasteiger partial charge in [-0.1, -0.05) is 6.92 Å². The number of carbonyl (C=O) groups excluding carboxylic acids is 1. The van der Waals surface area contributed by atoms with Gasteiger partial charge in [0.2, 0.25) is 5.88 Å². The fraction of sp³-hybridized carbons (Fsp3) is 0.571. The van der Waals surface area contributed by atoms with Crippen LogP contribution in [-0.4, -0.2) is 66.7 Å². The number of piperidine rings is 1. The predicted octanol–water partition coefficient (Wildman–Crippen LogP) is 5.31. The maximum absolute atomic E-state index is 16.5. The number of hydrogen-bond donors (Lipinski definition) is 4. The zero-order valence-electron chi connectivity index (χ0n) is 24.0. The fourth-order valence-electron chi connectivity index (χ4n) is 5.33. The van der Waals surface area contributed by atoms with E-state index >= 15 is 4.39 Å². The van der Waals surface area contributed by atoms with E-state index < -0.39 is 87.5 Å². The third kappa shape index (κ3) is 7.25. The molecule has 5 N–H and O–H groups in total. The summed E-state index contributed by atoms with van der Waals surface area (Å²) < 4.78 is 108. The van der Waals surface area contributed by atoms with Crippen LogP contribution in [0.2, 0.25) is 0 Å². The fourth-order valence-corrected chi connectivity index (χ4v) is 5.33. The Bertz CT molecular complexity index is 1350. The standard InChI is InChI=1S/C28H35F7N6O2/c1-4-16-11-38-25(42)19-24(39-13-41-9-5-7-27(31,32)12-41)22(30)23(40-26(19)43-14(2)6-8-37-16)17-10-18(36)21(29)15(3)20(17)28(33,34)35/h10,14,16,37H,4-9,11-13,36H2,1-3H3,(H,38,42)(H,39,40)/t14-,16?/m0/s1. The summed E-state index contributed by atoms with van der Waals surface area (Å²) in [5, 5.41) is 8.61. The molecule has 238 valence electrons. The Morgan fingerprint density at radius 2 is 1.98 bits per heavy atom. The van der Waals surface area contributed by atoms with Crippen molar-refractivity contribution in [3.05, 3.63) is 34.4 Å². The molecular weight excluding hydrogens is 585 g/mol. The Morgan fingerprint density at radius 3 is 2.63 bits per heavy atom. The zero-order valence-corrected chi connectivity index (χ0v) is 24.0. The van der Waals surface area contributed by atoms with Gasteiger partial charge in [-0.15, -0.1) is 0 Å². The molecule has 0 aliphatic carbocycles. The molecule has 43 heavy (non-hydrogen) atoms. The van der Waals surface area contributed by atoms with Crippen LogP contribution in [0, 0.1) is 18.6 Å². The van der Waals surface area contributed by atoms with Crippen molar-refractivity contribution in [2.24, 2.45) is 0 Å². The lowest BCUT2D eigenvalue weighted by Gasteiger charge is -2.33. The van der Waals surface area contributed by atoms with E-state index in [-0.39, 0.29) is 38.6 Å². The number of carbonyl (C=O) groups is 1. The Kier molecular flexibility index (Phi) is 9.64. The summed E-state index contributed by atoms with van der Waals surface area (Å²) in [6, 6.07) is 0.490. The van der Waals surface area contributed by atoms with Crippen LogP contribution in [0.25, 0.3) is 11.3 Å². The Balaban J connectivity index is 1.93. The summed E-state index contributed by atoms with van der Waals surface area (Å²) in [5.41, 5.74) is -0.171. The van der Waals surface area contributed by atoms with Crippen molar-refractivity contribution in [3.8, 4) is 17.1 Å². The quantitative estimate of drug-likeness (QED) is 0.266. The van der Waals surface area contributed by atoms with Crippen molar-refractivity contribution in [2.45, 2.75) is 70.7 Å². The molecule has 2 aromatic rings. The second-order valence-electron chi connectivity index (χ2n) is 11.0. The molecule has 4 rings (SSSR count). The molecule has 1 aromatic carbocycles. The van der Waals surface area contributed by atoms with Gasteiger partial charge in [0.15, 0.2) is 5.82 Å². The molecule has 8 nitrogen and oxygen atoms in total. The van der Waals surface area contributed by atoms with Crippen LogP contribution in [0.5, 0.6) is 5.88 Å². The molecule has 3 heterocycles. The highest BCUT2D eigenvalue weighted by Gasteiger charge is 2.40. The molecule has 2 atom stereocenters. The number of amides is 1. The van der Waals surface area contributed by atoms with Gasteiger partial charge in [0, 0.05) is 31.1 Å². The molecule has 2 aliphatic heterocycles. The van der Waals surface area contributed by atoms with Crippen LogP contribution in [-0.2, 0) is 6.18 Å². The lowest BCUT2D eigenvalue weighted by atomic mass is 9.95. The molecule has 1 amide bonds. The minimum absolute atomic E-state index is 0.135. The maximum atomic E-state index is 16.5. The van der Waals surface area contributed by atoms with Crippen LogP contribution in [0.15, 0.2) is 6.07 Å². The molecule has 1 fully saturated rings. The molecule has 2 aliphatic rings. The van der Waals surface area contributed by atoms with Crippen molar-refractivity contribution in [2.75, 3.05) is 43.9 Å². The van der Waals surface area contributed by atoms with Gasteiger partial charge in [-0.05, 0) is 51.3 Å². The molecule has 0 bridgehead atoms. The van der Waals surface area contributed by atoms with Crippen LogP contribution in [0.4, 0.5) is 42.1 Å². The first kappa shape index (κ1) is 32.6. The van der Waals surface area contributed by atoms with E-state index in [4.69, 9.17) is 10.5 Å². The maximum Gasteiger partial charge on any atom is 0.417 e. The van der Waals surface area contributed by atoms with Gasteiger partial charge in [-0.2, -0.15) is 13.2 Å². The number of fused-ring (bicyclic) bond motifs is 1. The third-order valence-electron chi connectivity index (χ3n) is 7.65. The Hall–Kier alpha value is -3.33. The summed E-state index contributed by atoms with van der Waals surface area (Å²) in [5.74, 6) is -7.01. The highest BCUT2D eigenvalue weighted by Crippen LogP contribution is 2.44. The molecule has 0 radical (unpaired) electrons. The van der Waals surface area contributed by atoms with E-state index in [0.29, 0.717) is 25.5 Å². The number of nitrogen functional groups attached to an aromatic ring is 1. The number of nitrogens with two attached hydrogens (primary N) is 1. The number of nitrogens with one attached hydrogen (secondary N) is 3. The van der Waals surface area contributed by atoms with Crippen molar-refractivity contribution in [1.82, 2.24) is 20.5 Å². The molecule has 15 heteroatoms. The smallest absolute Gasteiger partial charge is 0.417 e. The number of nitrogens with zero attached hydrogens (tertiary/aromatic N) is 2. The summed E-state index contributed by atoms with van der Waals surface area (Å²) in [6.07, 6.45) is -4.88. The summed E-state index contributed by atoms with van der Waals surface area (Å²) >= 11 is 0. The predicted molar refractivity (Wildman–Crippen MR) is 147 cm³/mol. The van der Waals surface area contributed by atoms with E-state index in [0.717, 1.165) is 6.92 Å². The van der Waals surface area contributed by atoms with Crippen molar-refractivity contribution < 1.29 is 40.3 Å². The first-order valence-corrected chi connectivity index (χ1v) is 14.0. The number of rotatable bonds is 5. The molecular formula is C28H35F7N6O2. The monoisotopic (exact) mass is 620 g/mol. The highest BCUT2D eigenvalue weighted by molar-refractivity contribution is 6.03. The van der Waals surface area contributed by atoms with Crippen molar-refractivity contribution >= 4 is 17.3 Å². The van der Waals surface area contributed by atoms with Crippen molar-refractivity contribution in [1.29, 1.82) is 0 Å². The highest BCUT2D eigenvalue weighted by atomic mass is 19.4. The largest absolute Gasteiger partial charge is 0.474 e. The summed E-state index contributed by atoms with van der Waals surface area (Å²) in [4.78, 5) is 18.9. The van der Waals surface area contributed by atoms with Gasteiger partial charge in [-0.25, -0.2) is 22.5 Å². The summed E-state index contributed by atoms with van der Waals surface area (Å²) in [6.45, 7) is 4.25. The van der Waals surface area contributed by atoms with Gasteiger partial charge in [0.25, 0.3) is 11.8 Å². The SMILES string of the molecule is CCC1CNC(=O)c2c(nc(-c3cc(N)c(F)c(C)c3C(F)(F)F)c(F)c2NCN2CCCC(F)(F)C2)O[C@@H](C)CCN1. The Morgan fingerprint density at radius 1 is 1.26 bits per heavy atom. The van der Waals surface area contributed by atoms with Crippen LogP contribution in [0.3, 0.4) is 0 Å². The number of anilines is 2. The van der Waals surface area contributed by atoms with Gasteiger partial charge in [0.1, 0.15) is 17.1 Å². The number of likely N-dealkylation sites (tertiary alicyclic amines) is 1. The van der Waals surface area contributed by atoms with Crippen LogP contribution >= 0.6 is 0 Å². The minimum atomic E-state index is -5.14. The normalized spacial score (nSPS) is 21.8. The second kappa shape index (κ2) is 12.7. The number of benzene rings is 1. The molecule has 1 saturated heterocycles. The van der Waals surface area contributed by atoms with Gasteiger partial charge >= 0.3 is 6.18 Å². The molecule has 1 unspecified atom stereocenters. The number of aromatic nitrogens is 1. The number of pyridine rings is 1. The van der Waals surface area contributed by atoms with Crippen LogP contribution < -0.4 is 26.4 Å². The number of alkyl halides is 5. The lowest BCUT2D eigenvalue weighted by molar-refractivity contribution is -0.137. The van der Waals surface area contributed by atoms with E-state index in [2.05, 4.69) is 20.9 Å². The molecule has 1 aromatic heterocycles. The first-order chi connectivity index (χ1) is 20.1. The number of ether oxygens (including phenoxy) is 1. The van der Waals surface area contributed by atoms with Gasteiger partial charge in [0.05, 0.1) is 36.3 Å². The number of hydrogen-bond acceptors (Lipinski definition) is 7. The zero-order chi connectivity index (χ0) is 31.7. The Labute approximate surface area is 244 Å². The number of halogens is 7. The van der Waals surface area contributed by atoms with E-state index in [1.165, 1.54) is 4.90 Å². The van der Waals surface area contributed by atoms with E-state index in [1.807, 2.05) is 6.92 Å². The minimum Gasteiger partial charge on any atom is -0.474 e. The summed E-state index contributed by atoms with van der Waals surface area (Å²) in [7, 11) is 0. The average Bonchev–Trinajstić information content (AvgIpc) is 2.93. The van der Waals surface area contributed by atoms with Crippen molar-refractivity contribution in [3.63, 3.8) is 0 Å². The second-order valence-corrected chi connectivity index (χ2v) is 11.0. The van der Waals surface area contributed by atoms with E-state index in [9.17, 15) is 31.1 Å². The lowest BCUT2D eigenvalue weighted by Crippen LogP contribution is -2.45. The first-order valence-electron chi connectivity index (χ1n) is 14.0. The van der Waals surface area contributed by atoms with Gasteiger partial charge < -0.3 is 26.4 Å². The third-order valence-corrected chi connectivity index (χ3v) is 7.65. The molecule has 0 spiro atoms. The van der Waals surface area contributed by atoms with Gasteiger partial charge in [-0.3, -0.25) is 9.69 Å². The topological polar surface area (TPSA) is 105 Å². The molecule has 0 saturated carbocycles. The average molecular weight is 621 g/mol.